The van der Waals surface area contributed by atoms with Crippen LogP contribution in [0.1, 0.15) is 27.7 Å². The number of rotatable bonds is 6. The van der Waals surface area contributed by atoms with Crippen LogP contribution in [0.5, 0.6) is 0 Å². The standard InChI is InChI=1S/C16H20Cl3NO10/c1-6(21)26-5-10-11(27-7(2)22)12(28-8(3)23)13(29-9(4)24)14(30-10)20-15(25)16(17,18)19/h10-14H,5H2,1-4H3,(H,20,25)/t10-,11-,12+,13-,14-/m1/s1. The summed E-state index contributed by atoms with van der Waals surface area (Å²) in [6, 6.07) is 0. The molecule has 1 aliphatic rings. The second-order valence-corrected chi connectivity index (χ2v) is 8.37. The first-order chi connectivity index (χ1) is 13.7. The Balaban J connectivity index is 3.37. The lowest BCUT2D eigenvalue weighted by molar-refractivity contribution is -0.256. The second-order valence-electron chi connectivity index (χ2n) is 6.09. The van der Waals surface area contributed by atoms with Gasteiger partial charge in [0, 0.05) is 27.7 Å². The predicted molar refractivity (Wildman–Crippen MR) is 100 cm³/mol. The van der Waals surface area contributed by atoms with Crippen LogP contribution in [0, 0.1) is 0 Å². The molecule has 5 atom stereocenters. The van der Waals surface area contributed by atoms with E-state index < -0.39 is 70.8 Å². The molecule has 0 unspecified atom stereocenters. The van der Waals surface area contributed by atoms with E-state index in [9.17, 15) is 24.0 Å². The van der Waals surface area contributed by atoms with E-state index in [4.69, 9.17) is 58.5 Å². The monoisotopic (exact) mass is 491 g/mol. The van der Waals surface area contributed by atoms with Gasteiger partial charge in [-0.3, -0.25) is 24.0 Å². The summed E-state index contributed by atoms with van der Waals surface area (Å²) in [7, 11) is 0. The molecule has 0 aliphatic carbocycles. The zero-order chi connectivity index (χ0) is 23.2. The summed E-state index contributed by atoms with van der Waals surface area (Å²) >= 11 is 16.6. The van der Waals surface area contributed by atoms with Gasteiger partial charge in [-0.1, -0.05) is 34.8 Å². The molecule has 0 bridgehead atoms. The molecular formula is C16H20Cl3NO10. The predicted octanol–water partition coefficient (Wildman–Crippen LogP) is 0.556. The van der Waals surface area contributed by atoms with Crippen molar-refractivity contribution in [1.82, 2.24) is 5.32 Å². The maximum absolute atomic E-state index is 12.1. The van der Waals surface area contributed by atoms with Crippen molar-refractivity contribution in [3.8, 4) is 0 Å². The summed E-state index contributed by atoms with van der Waals surface area (Å²) in [6.07, 6.45) is -7.08. The largest absolute Gasteiger partial charge is 0.463 e. The topological polar surface area (TPSA) is 144 Å². The van der Waals surface area contributed by atoms with E-state index in [0.29, 0.717) is 0 Å². The number of nitrogens with one attached hydrogen (secondary N) is 1. The molecule has 0 spiro atoms. The summed E-state index contributed by atoms with van der Waals surface area (Å²) in [5.41, 5.74) is 0. The summed E-state index contributed by atoms with van der Waals surface area (Å²) in [6.45, 7) is 3.84. The molecule has 14 heteroatoms. The molecule has 1 N–H and O–H groups in total. The van der Waals surface area contributed by atoms with Gasteiger partial charge in [0.1, 0.15) is 12.7 Å². The van der Waals surface area contributed by atoms with Crippen LogP contribution in [0.25, 0.3) is 0 Å². The third kappa shape index (κ3) is 8.13. The number of halogens is 3. The molecule has 1 saturated heterocycles. The average Bonchev–Trinajstić information content (AvgIpc) is 2.56. The van der Waals surface area contributed by atoms with Gasteiger partial charge in [-0.2, -0.15) is 0 Å². The number of carbonyl (C=O) groups excluding carboxylic acids is 5. The molecule has 1 rings (SSSR count). The Kier molecular flexibility index (Phi) is 9.60. The SMILES string of the molecule is CC(=O)OC[C@H]1O[C@@H](NC(=O)C(Cl)(Cl)Cl)[C@H](OC(C)=O)[C@@H](OC(C)=O)[C@@H]1OC(C)=O. The smallest absolute Gasteiger partial charge is 0.303 e. The van der Waals surface area contributed by atoms with Gasteiger partial charge in [0.05, 0.1) is 0 Å². The molecule has 11 nitrogen and oxygen atoms in total. The highest BCUT2D eigenvalue weighted by Gasteiger charge is 2.53. The first-order valence-corrected chi connectivity index (χ1v) is 9.54. The highest BCUT2D eigenvalue weighted by molar-refractivity contribution is 6.76. The number of carbonyl (C=O) groups is 5. The minimum atomic E-state index is -2.40. The van der Waals surface area contributed by atoms with Gasteiger partial charge in [-0.05, 0) is 0 Å². The quantitative estimate of drug-likeness (QED) is 0.317. The molecule has 0 radical (unpaired) electrons. The Labute approximate surface area is 186 Å². The summed E-state index contributed by atoms with van der Waals surface area (Å²) in [5.74, 6) is -4.29. The minimum Gasteiger partial charge on any atom is -0.463 e. The lowest BCUT2D eigenvalue weighted by Gasteiger charge is -2.44. The van der Waals surface area contributed by atoms with Gasteiger partial charge >= 0.3 is 23.9 Å². The van der Waals surface area contributed by atoms with E-state index in [1.54, 1.807) is 0 Å². The normalized spacial score (nSPS) is 26.2. The Bertz CT molecular complexity index is 695. The number of hydrogen-bond donors (Lipinski definition) is 1. The zero-order valence-electron chi connectivity index (χ0n) is 16.3. The van der Waals surface area contributed by atoms with Crippen LogP contribution in [0.4, 0.5) is 0 Å². The molecule has 0 aromatic heterocycles. The summed E-state index contributed by atoms with van der Waals surface area (Å²) in [4.78, 5) is 58.2. The Morgan fingerprint density at radius 1 is 0.800 bits per heavy atom. The summed E-state index contributed by atoms with van der Waals surface area (Å²) in [5, 5.41) is 2.20. The van der Waals surface area contributed by atoms with Crippen LogP contribution < -0.4 is 5.32 Å². The van der Waals surface area contributed by atoms with Crippen LogP contribution in [-0.2, 0) is 47.7 Å². The number of ether oxygens (including phenoxy) is 5. The Morgan fingerprint density at radius 2 is 1.27 bits per heavy atom. The Morgan fingerprint density at radius 3 is 1.70 bits per heavy atom. The van der Waals surface area contributed by atoms with E-state index >= 15 is 0 Å². The van der Waals surface area contributed by atoms with Crippen LogP contribution >= 0.6 is 34.8 Å². The van der Waals surface area contributed by atoms with E-state index in [-0.39, 0.29) is 0 Å². The molecule has 0 aromatic rings. The summed E-state index contributed by atoms with van der Waals surface area (Å²) < 4.78 is 23.6. The second kappa shape index (κ2) is 11.0. The first-order valence-electron chi connectivity index (χ1n) is 8.40. The number of hydrogen-bond acceptors (Lipinski definition) is 10. The number of amides is 1. The molecule has 30 heavy (non-hydrogen) atoms. The third-order valence-corrected chi connectivity index (χ3v) is 4.04. The van der Waals surface area contributed by atoms with E-state index in [2.05, 4.69) is 5.32 Å². The van der Waals surface area contributed by atoms with Gasteiger partial charge in [0.25, 0.3) is 9.70 Å². The van der Waals surface area contributed by atoms with Crippen LogP contribution in [0.2, 0.25) is 0 Å². The lowest BCUT2D eigenvalue weighted by atomic mass is 9.97. The maximum atomic E-state index is 12.1. The third-order valence-electron chi connectivity index (χ3n) is 3.52. The highest BCUT2D eigenvalue weighted by Crippen LogP contribution is 2.31. The van der Waals surface area contributed by atoms with Crippen molar-refractivity contribution >= 4 is 64.6 Å². The number of esters is 4. The molecule has 1 aliphatic heterocycles. The van der Waals surface area contributed by atoms with Crippen molar-refractivity contribution in [1.29, 1.82) is 0 Å². The van der Waals surface area contributed by atoms with Crippen molar-refractivity contribution in [2.75, 3.05) is 6.61 Å². The molecule has 1 heterocycles. The molecule has 1 fully saturated rings. The molecule has 0 aromatic carbocycles. The first kappa shape index (κ1) is 26.2. The van der Waals surface area contributed by atoms with Crippen molar-refractivity contribution in [3.63, 3.8) is 0 Å². The molecule has 1 amide bonds. The van der Waals surface area contributed by atoms with Gasteiger partial charge in [0.2, 0.25) is 0 Å². The highest BCUT2D eigenvalue weighted by atomic mass is 35.6. The molecule has 0 saturated carbocycles. The average molecular weight is 493 g/mol. The maximum Gasteiger partial charge on any atom is 0.303 e. The molecule has 170 valence electrons. The van der Waals surface area contributed by atoms with Gasteiger partial charge in [-0.15, -0.1) is 0 Å². The molecular weight excluding hydrogens is 473 g/mol. The van der Waals surface area contributed by atoms with E-state index in [0.717, 1.165) is 27.7 Å². The zero-order valence-corrected chi connectivity index (χ0v) is 18.6. The Hall–Kier alpha value is -1.82. The van der Waals surface area contributed by atoms with Crippen molar-refractivity contribution in [2.45, 2.75) is 62.1 Å². The van der Waals surface area contributed by atoms with Crippen LogP contribution in [0.15, 0.2) is 0 Å². The fourth-order valence-corrected chi connectivity index (χ4v) is 2.72. The van der Waals surface area contributed by atoms with Gasteiger partial charge in [-0.25, -0.2) is 0 Å². The van der Waals surface area contributed by atoms with Crippen molar-refractivity contribution in [3.05, 3.63) is 0 Å². The van der Waals surface area contributed by atoms with E-state index in [1.165, 1.54) is 0 Å². The fraction of sp³-hybridized carbons (Fsp3) is 0.688. The lowest BCUT2D eigenvalue weighted by Crippen LogP contribution is -2.66. The number of alkyl halides is 3. The fourth-order valence-electron chi connectivity index (χ4n) is 2.56. The van der Waals surface area contributed by atoms with Gasteiger partial charge < -0.3 is 29.0 Å². The van der Waals surface area contributed by atoms with Crippen molar-refractivity contribution in [2.24, 2.45) is 0 Å². The van der Waals surface area contributed by atoms with Gasteiger partial charge in [0.15, 0.2) is 24.5 Å². The minimum absolute atomic E-state index is 0.460. The van der Waals surface area contributed by atoms with Crippen LogP contribution in [-0.4, -0.2) is 70.8 Å². The van der Waals surface area contributed by atoms with Crippen molar-refractivity contribution < 1.29 is 47.7 Å². The van der Waals surface area contributed by atoms with E-state index in [1.807, 2.05) is 0 Å². The van der Waals surface area contributed by atoms with Crippen LogP contribution in [0.3, 0.4) is 0 Å².